The molecule has 4 rings (SSSR count). The summed E-state index contributed by atoms with van der Waals surface area (Å²) in [5.41, 5.74) is 4.14. The van der Waals surface area contributed by atoms with E-state index in [-0.39, 0.29) is 6.04 Å². The minimum atomic E-state index is -0.468. The van der Waals surface area contributed by atoms with Crippen LogP contribution < -0.4 is 10.1 Å². The molecule has 1 N–H and O–H groups in total. The molecule has 1 aliphatic heterocycles. The number of hydrogen-bond acceptors (Lipinski definition) is 4. The Morgan fingerprint density at radius 1 is 1.00 bits per heavy atom. The first kappa shape index (κ1) is 17.6. The number of alkyl carbamates (subject to hydrolysis) is 1. The first-order chi connectivity index (χ1) is 13.7. The third kappa shape index (κ3) is 3.28. The second-order valence-electron chi connectivity index (χ2n) is 6.51. The standard InChI is InChI=1S/C23H18N2O3/c1-27-19-10-5-9-17(13-19)22-21(25-23(26)28-22)16-8-4-7-15(12-16)20-11-3-2-6-18(20)14-24/h2-13,21-22H,1H3,(H,25,26)/t21-,22-/m1/s1. The maximum atomic E-state index is 12.0. The van der Waals surface area contributed by atoms with Gasteiger partial charge in [-0.05, 0) is 46.5 Å². The van der Waals surface area contributed by atoms with Crippen molar-refractivity contribution in [2.75, 3.05) is 7.11 Å². The zero-order valence-electron chi connectivity index (χ0n) is 15.3. The second-order valence-corrected chi connectivity index (χ2v) is 6.51. The van der Waals surface area contributed by atoms with Gasteiger partial charge in [0.05, 0.1) is 24.8 Å². The van der Waals surface area contributed by atoms with Crippen LogP contribution in [0.15, 0.2) is 72.8 Å². The molecule has 0 aromatic heterocycles. The fourth-order valence-corrected chi connectivity index (χ4v) is 3.49. The lowest BCUT2D eigenvalue weighted by Crippen LogP contribution is -2.19. The maximum Gasteiger partial charge on any atom is 0.408 e. The number of ether oxygens (including phenoxy) is 2. The minimum Gasteiger partial charge on any atom is -0.497 e. The van der Waals surface area contributed by atoms with Gasteiger partial charge >= 0.3 is 6.09 Å². The van der Waals surface area contributed by atoms with Crippen molar-refractivity contribution in [3.05, 3.63) is 89.5 Å². The quantitative estimate of drug-likeness (QED) is 0.719. The van der Waals surface area contributed by atoms with Crippen LogP contribution >= 0.6 is 0 Å². The zero-order chi connectivity index (χ0) is 19.5. The molecule has 0 aliphatic carbocycles. The molecule has 3 aromatic rings. The van der Waals surface area contributed by atoms with E-state index >= 15 is 0 Å². The molecule has 1 saturated heterocycles. The van der Waals surface area contributed by atoms with Crippen molar-refractivity contribution >= 4 is 6.09 Å². The van der Waals surface area contributed by atoms with Gasteiger partial charge in [-0.3, -0.25) is 0 Å². The van der Waals surface area contributed by atoms with Crippen molar-refractivity contribution < 1.29 is 14.3 Å². The topological polar surface area (TPSA) is 71.3 Å². The SMILES string of the molecule is COc1cccc([C@H]2OC(=O)N[C@@H]2c2cccc(-c3ccccc3C#N)c2)c1. The number of nitrogens with one attached hydrogen (secondary N) is 1. The van der Waals surface area contributed by atoms with Gasteiger partial charge in [0.2, 0.25) is 0 Å². The minimum absolute atomic E-state index is 0.339. The number of carbonyl (C=O) groups is 1. The molecule has 1 heterocycles. The highest BCUT2D eigenvalue weighted by Gasteiger charge is 2.36. The van der Waals surface area contributed by atoms with Gasteiger partial charge in [-0.2, -0.15) is 5.26 Å². The summed E-state index contributed by atoms with van der Waals surface area (Å²) in [4.78, 5) is 12.0. The summed E-state index contributed by atoms with van der Waals surface area (Å²) < 4.78 is 10.8. The van der Waals surface area contributed by atoms with Crippen LogP contribution in [0.4, 0.5) is 4.79 Å². The molecule has 1 fully saturated rings. The monoisotopic (exact) mass is 370 g/mol. The maximum absolute atomic E-state index is 12.0. The fourth-order valence-electron chi connectivity index (χ4n) is 3.49. The molecule has 3 aromatic carbocycles. The lowest BCUT2D eigenvalue weighted by molar-refractivity contribution is 0.132. The van der Waals surface area contributed by atoms with Crippen molar-refractivity contribution in [3.63, 3.8) is 0 Å². The molecule has 2 atom stereocenters. The van der Waals surface area contributed by atoms with Gasteiger partial charge in [0.1, 0.15) is 5.75 Å². The van der Waals surface area contributed by atoms with Crippen LogP contribution in [-0.4, -0.2) is 13.2 Å². The van der Waals surface area contributed by atoms with Gasteiger partial charge in [-0.1, -0.05) is 48.5 Å². The third-order valence-electron chi connectivity index (χ3n) is 4.84. The summed E-state index contributed by atoms with van der Waals surface area (Å²) in [6.07, 6.45) is -0.926. The second kappa shape index (κ2) is 7.45. The number of nitrogens with zero attached hydrogens (tertiary/aromatic N) is 1. The van der Waals surface area contributed by atoms with Gasteiger partial charge < -0.3 is 14.8 Å². The highest BCUT2D eigenvalue weighted by molar-refractivity contribution is 5.73. The molecule has 0 spiro atoms. The van der Waals surface area contributed by atoms with Crippen molar-refractivity contribution in [1.82, 2.24) is 5.32 Å². The predicted octanol–water partition coefficient (Wildman–Crippen LogP) is 4.76. The average molecular weight is 370 g/mol. The van der Waals surface area contributed by atoms with E-state index in [1.54, 1.807) is 13.2 Å². The molecule has 0 unspecified atom stereocenters. The normalized spacial score (nSPS) is 18.1. The smallest absolute Gasteiger partial charge is 0.408 e. The van der Waals surface area contributed by atoms with E-state index in [4.69, 9.17) is 9.47 Å². The zero-order valence-corrected chi connectivity index (χ0v) is 15.3. The number of amides is 1. The third-order valence-corrected chi connectivity index (χ3v) is 4.84. The number of hydrogen-bond donors (Lipinski definition) is 1. The molecule has 0 bridgehead atoms. The van der Waals surface area contributed by atoms with E-state index in [2.05, 4.69) is 11.4 Å². The van der Waals surface area contributed by atoms with E-state index in [1.807, 2.05) is 66.7 Å². The van der Waals surface area contributed by atoms with Crippen LogP contribution in [0.5, 0.6) is 5.75 Å². The Hall–Kier alpha value is -3.78. The molecule has 0 radical (unpaired) electrons. The average Bonchev–Trinajstić information content (AvgIpc) is 3.15. The molecule has 5 nitrogen and oxygen atoms in total. The largest absolute Gasteiger partial charge is 0.497 e. The van der Waals surface area contributed by atoms with Gasteiger partial charge in [0.15, 0.2) is 6.10 Å². The molecule has 0 saturated carbocycles. The lowest BCUT2D eigenvalue weighted by atomic mass is 9.92. The van der Waals surface area contributed by atoms with E-state index < -0.39 is 12.2 Å². The van der Waals surface area contributed by atoms with Gasteiger partial charge in [-0.15, -0.1) is 0 Å². The Balaban J connectivity index is 1.73. The fraction of sp³-hybridized carbons (Fsp3) is 0.130. The molecule has 5 heteroatoms. The van der Waals surface area contributed by atoms with E-state index in [0.29, 0.717) is 11.3 Å². The first-order valence-electron chi connectivity index (χ1n) is 8.90. The highest BCUT2D eigenvalue weighted by Crippen LogP contribution is 2.39. The van der Waals surface area contributed by atoms with Crippen LogP contribution in [0.3, 0.4) is 0 Å². The Morgan fingerprint density at radius 3 is 2.61 bits per heavy atom. The Morgan fingerprint density at radius 2 is 1.79 bits per heavy atom. The number of methoxy groups -OCH3 is 1. The lowest BCUT2D eigenvalue weighted by Gasteiger charge is -2.19. The summed E-state index contributed by atoms with van der Waals surface area (Å²) in [5.74, 6) is 0.705. The summed E-state index contributed by atoms with van der Waals surface area (Å²) >= 11 is 0. The number of carbonyl (C=O) groups excluding carboxylic acids is 1. The van der Waals surface area contributed by atoms with E-state index in [1.165, 1.54) is 0 Å². The predicted molar refractivity (Wildman–Crippen MR) is 105 cm³/mol. The van der Waals surface area contributed by atoms with Crippen LogP contribution in [0.25, 0.3) is 11.1 Å². The number of rotatable bonds is 4. The highest BCUT2D eigenvalue weighted by atomic mass is 16.6. The number of cyclic esters (lactones) is 1. The Labute approximate surface area is 163 Å². The van der Waals surface area contributed by atoms with Gasteiger partial charge in [0, 0.05) is 0 Å². The van der Waals surface area contributed by atoms with Crippen molar-refractivity contribution in [1.29, 1.82) is 5.26 Å². The summed E-state index contributed by atoms with van der Waals surface area (Å²) in [7, 11) is 1.60. The van der Waals surface area contributed by atoms with E-state index in [9.17, 15) is 10.1 Å². The van der Waals surface area contributed by atoms with Crippen molar-refractivity contribution in [3.8, 4) is 22.9 Å². The molecule has 1 aliphatic rings. The molecular weight excluding hydrogens is 352 g/mol. The van der Waals surface area contributed by atoms with Crippen LogP contribution in [0, 0.1) is 11.3 Å². The van der Waals surface area contributed by atoms with Gasteiger partial charge in [0.25, 0.3) is 0 Å². The molecule has 138 valence electrons. The Kier molecular flexibility index (Phi) is 4.69. The number of nitriles is 1. The Bertz CT molecular complexity index is 1070. The molecule has 1 amide bonds. The van der Waals surface area contributed by atoms with Crippen LogP contribution in [0.2, 0.25) is 0 Å². The first-order valence-corrected chi connectivity index (χ1v) is 8.90. The molecule has 28 heavy (non-hydrogen) atoms. The summed E-state index contributed by atoms with van der Waals surface area (Å²) in [6, 6.07) is 24.7. The van der Waals surface area contributed by atoms with E-state index in [0.717, 1.165) is 22.3 Å². The van der Waals surface area contributed by atoms with Crippen molar-refractivity contribution in [2.24, 2.45) is 0 Å². The van der Waals surface area contributed by atoms with Crippen LogP contribution in [-0.2, 0) is 4.74 Å². The number of benzene rings is 3. The summed E-state index contributed by atoms with van der Waals surface area (Å²) in [5, 5.41) is 12.3. The summed E-state index contributed by atoms with van der Waals surface area (Å²) in [6.45, 7) is 0. The van der Waals surface area contributed by atoms with Crippen LogP contribution in [0.1, 0.15) is 28.8 Å². The van der Waals surface area contributed by atoms with Crippen molar-refractivity contribution in [2.45, 2.75) is 12.1 Å². The molecular formula is C23H18N2O3. The van der Waals surface area contributed by atoms with Gasteiger partial charge in [-0.25, -0.2) is 4.79 Å².